The molecule has 0 radical (unpaired) electrons. The zero-order valence-electron chi connectivity index (χ0n) is 11.6. The number of likely N-dealkylation sites (N-methyl/N-ethyl adjacent to an activating group) is 1. The molecule has 0 saturated heterocycles. The van der Waals surface area contributed by atoms with Crippen molar-refractivity contribution in [1.29, 1.82) is 0 Å². The highest BCUT2D eigenvalue weighted by molar-refractivity contribution is 9.10. The van der Waals surface area contributed by atoms with Crippen LogP contribution < -0.4 is 5.32 Å². The van der Waals surface area contributed by atoms with Gasteiger partial charge in [0.2, 0.25) is 0 Å². The number of benzene rings is 2. The van der Waals surface area contributed by atoms with Crippen molar-refractivity contribution < 1.29 is 0 Å². The van der Waals surface area contributed by atoms with E-state index in [2.05, 4.69) is 92.6 Å². The van der Waals surface area contributed by atoms with E-state index >= 15 is 0 Å². The summed E-state index contributed by atoms with van der Waals surface area (Å²) in [5.41, 5.74) is 2.76. The van der Waals surface area contributed by atoms with Crippen LogP contribution in [0.2, 0.25) is 0 Å². The minimum atomic E-state index is 0.504. The Morgan fingerprint density at radius 3 is 2.00 bits per heavy atom. The minimum Gasteiger partial charge on any atom is -0.316 e. The van der Waals surface area contributed by atoms with Crippen molar-refractivity contribution in [3.63, 3.8) is 0 Å². The highest BCUT2D eigenvalue weighted by atomic mass is 79.9. The molecular weight excluding hydrogens is 378 g/mol. The molecule has 2 rings (SSSR count). The van der Waals surface area contributed by atoms with Gasteiger partial charge in [0.05, 0.1) is 0 Å². The predicted molar refractivity (Wildman–Crippen MR) is 93.3 cm³/mol. The minimum absolute atomic E-state index is 0.504. The summed E-state index contributed by atoms with van der Waals surface area (Å²) in [7, 11) is 0. The Bertz CT molecular complexity index is 520. The van der Waals surface area contributed by atoms with Gasteiger partial charge in [-0.3, -0.25) is 0 Å². The molecule has 20 heavy (non-hydrogen) atoms. The summed E-state index contributed by atoms with van der Waals surface area (Å²) in [6.07, 6.45) is 1.06. The number of halogens is 2. The molecule has 0 aliphatic carbocycles. The predicted octanol–water partition coefficient (Wildman–Crippen LogP) is 5.15. The Morgan fingerprint density at radius 2 is 1.45 bits per heavy atom. The van der Waals surface area contributed by atoms with E-state index in [1.807, 2.05) is 0 Å². The maximum Gasteiger partial charge on any atom is 0.0175 e. The number of nitrogens with one attached hydrogen (secondary N) is 1. The van der Waals surface area contributed by atoms with Crippen molar-refractivity contribution in [2.75, 3.05) is 13.1 Å². The second kappa shape index (κ2) is 7.96. The van der Waals surface area contributed by atoms with Crippen LogP contribution in [0.5, 0.6) is 0 Å². The van der Waals surface area contributed by atoms with Gasteiger partial charge >= 0.3 is 0 Å². The van der Waals surface area contributed by atoms with E-state index in [1.165, 1.54) is 11.1 Å². The monoisotopic (exact) mass is 395 g/mol. The average molecular weight is 397 g/mol. The van der Waals surface area contributed by atoms with E-state index in [-0.39, 0.29) is 0 Å². The van der Waals surface area contributed by atoms with Gasteiger partial charge in [0.25, 0.3) is 0 Å². The molecule has 0 bridgehead atoms. The highest BCUT2D eigenvalue weighted by Crippen LogP contribution is 2.23. The van der Waals surface area contributed by atoms with Gasteiger partial charge in [-0.1, -0.05) is 63.0 Å². The fourth-order valence-corrected chi connectivity index (χ4v) is 2.80. The third kappa shape index (κ3) is 4.72. The Hall–Kier alpha value is -0.640. The van der Waals surface area contributed by atoms with Gasteiger partial charge in [0, 0.05) is 21.4 Å². The lowest BCUT2D eigenvalue weighted by atomic mass is 9.92. The molecule has 0 aromatic heterocycles. The van der Waals surface area contributed by atoms with Gasteiger partial charge in [-0.2, -0.15) is 0 Å². The van der Waals surface area contributed by atoms with E-state index in [4.69, 9.17) is 0 Å². The Balaban J connectivity index is 2.14. The Kier molecular flexibility index (Phi) is 6.27. The number of hydrogen-bond acceptors (Lipinski definition) is 1. The van der Waals surface area contributed by atoms with Crippen molar-refractivity contribution in [1.82, 2.24) is 5.32 Å². The van der Waals surface area contributed by atoms with E-state index in [1.54, 1.807) is 0 Å². The first-order valence-electron chi connectivity index (χ1n) is 6.89. The van der Waals surface area contributed by atoms with E-state index in [9.17, 15) is 0 Å². The quantitative estimate of drug-likeness (QED) is 0.711. The van der Waals surface area contributed by atoms with Gasteiger partial charge in [0.1, 0.15) is 0 Å². The standard InChI is InChI=1S/C17H19Br2N/c1-2-20-12-15(14-5-9-17(19)10-6-14)11-13-3-7-16(18)8-4-13/h3-10,15,20H,2,11-12H2,1H3. The van der Waals surface area contributed by atoms with Crippen LogP contribution >= 0.6 is 31.9 Å². The smallest absolute Gasteiger partial charge is 0.0175 e. The Morgan fingerprint density at radius 1 is 0.900 bits per heavy atom. The highest BCUT2D eigenvalue weighted by Gasteiger charge is 2.12. The molecule has 106 valence electrons. The van der Waals surface area contributed by atoms with Crippen LogP contribution in [-0.4, -0.2) is 13.1 Å². The second-order valence-electron chi connectivity index (χ2n) is 4.89. The molecule has 0 spiro atoms. The summed E-state index contributed by atoms with van der Waals surface area (Å²) in [5, 5.41) is 3.47. The molecule has 3 heteroatoms. The largest absolute Gasteiger partial charge is 0.316 e. The van der Waals surface area contributed by atoms with E-state index in [0.717, 1.165) is 28.5 Å². The molecule has 1 N–H and O–H groups in total. The summed E-state index contributed by atoms with van der Waals surface area (Å²) >= 11 is 6.99. The molecule has 0 saturated carbocycles. The maximum atomic E-state index is 3.50. The third-order valence-electron chi connectivity index (χ3n) is 3.38. The molecule has 0 aliphatic rings. The molecule has 0 amide bonds. The maximum absolute atomic E-state index is 3.50. The summed E-state index contributed by atoms with van der Waals surface area (Å²) in [4.78, 5) is 0. The summed E-state index contributed by atoms with van der Waals surface area (Å²) < 4.78 is 2.26. The first kappa shape index (κ1) is 15.7. The van der Waals surface area contributed by atoms with Gasteiger partial charge in [-0.15, -0.1) is 0 Å². The van der Waals surface area contributed by atoms with Crippen LogP contribution in [0.1, 0.15) is 24.0 Å². The molecule has 1 atom stereocenters. The fourth-order valence-electron chi connectivity index (χ4n) is 2.27. The van der Waals surface area contributed by atoms with Gasteiger partial charge < -0.3 is 5.32 Å². The topological polar surface area (TPSA) is 12.0 Å². The van der Waals surface area contributed by atoms with Crippen molar-refractivity contribution in [2.45, 2.75) is 19.3 Å². The molecule has 1 unspecified atom stereocenters. The van der Waals surface area contributed by atoms with Crippen molar-refractivity contribution >= 4 is 31.9 Å². The van der Waals surface area contributed by atoms with Crippen LogP contribution in [-0.2, 0) is 6.42 Å². The molecular formula is C17H19Br2N. The first-order valence-corrected chi connectivity index (χ1v) is 8.48. The van der Waals surface area contributed by atoms with Gasteiger partial charge in [0.15, 0.2) is 0 Å². The molecule has 0 fully saturated rings. The van der Waals surface area contributed by atoms with Crippen LogP contribution in [0.3, 0.4) is 0 Å². The summed E-state index contributed by atoms with van der Waals surface area (Å²) in [5.74, 6) is 0.504. The molecule has 2 aromatic carbocycles. The third-order valence-corrected chi connectivity index (χ3v) is 4.43. The van der Waals surface area contributed by atoms with Crippen molar-refractivity contribution in [3.8, 4) is 0 Å². The Labute approximate surface area is 138 Å². The zero-order chi connectivity index (χ0) is 14.4. The van der Waals surface area contributed by atoms with Crippen molar-refractivity contribution in [2.24, 2.45) is 0 Å². The molecule has 2 aromatic rings. The molecule has 0 heterocycles. The number of rotatable bonds is 6. The van der Waals surface area contributed by atoms with Gasteiger partial charge in [-0.25, -0.2) is 0 Å². The van der Waals surface area contributed by atoms with E-state index < -0.39 is 0 Å². The van der Waals surface area contributed by atoms with Crippen LogP contribution in [0.15, 0.2) is 57.5 Å². The van der Waals surface area contributed by atoms with Gasteiger partial charge in [-0.05, 0) is 48.4 Å². The number of hydrogen-bond donors (Lipinski definition) is 1. The summed E-state index contributed by atoms with van der Waals surface area (Å²) in [6, 6.07) is 17.3. The lowest BCUT2D eigenvalue weighted by molar-refractivity contribution is 0.595. The van der Waals surface area contributed by atoms with Crippen LogP contribution in [0.25, 0.3) is 0 Å². The second-order valence-corrected chi connectivity index (χ2v) is 6.72. The molecule has 0 aliphatic heterocycles. The van der Waals surface area contributed by atoms with Crippen LogP contribution in [0, 0.1) is 0 Å². The first-order chi connectivity index (χ1) is 9.69. The van der Waals surface area contributed by atoms with Crippen molar-refractivity contribution in [3.05, 3.63) is 68.6 Å². The SMILES string of the molecule is CCNCC(Cc1ccc(Br)cc1)c1ccc(Br)cc1. The lowest BCUT2D eigenvalue weighted by Gasteiger charge is -2.18. The van der Waals surface area contributed by atoms with Crippen LogP contribution in [0.4, 0.5) is 0 Å². The summed E-state index contributed by atoms with van der Waals surface area (Å²) in [6.45, 7) is 4.17. The average Bonchev–Trinajstić information content (AvgIpc) is 2.46. The fraction of sp³-hybridized carbons (Fsp3) is 0.294. The zero-order valence-corrected chi connectivity index (χ0v) is 14.7. The lowest BCUT2D eigenvalue weighted by Crippen LogP contribution is -2.22. The van der Waals surface area contributed by atoms with E-state index in [0.29, 0.717) is 5.92 Å². The molecule has 1 nitrogen and oxygen atoms in total. The normalized spacial score (nSPS) is 12.3.